The van der Waals surface area contributed by atoms with Crippen LogP contribution in [0.4, 0.5) is 0 Å². The van der Waals surface area contributed by atoms with Crippen molar-refractivity contribution >= 4 is 23.2 Å². The molecule has 0 saturated heterocycles. The van der Waals surface area contributed by atoms with E-state index in [1.807, 2.05) is 0 Å². The highest BCUT2D eigenvalue weighted by Gasteiger charge is 2.23. The highest BCUT2D eigenvalue weighted by atomic mass is 35.5. The number of oxazole rings is 2. The molecule has 4 aromatic heterocycles. The normalized spacial score (nSPS) is 12.9. The zero-order valence-corrected chi connectivity index (χ0v) is 15.6. The third-order valence-corrected chi connectivity index (χ3v) is 4.51. The molecule has 5 heterocycles. The lowest BCUT2D eigenvalue weighted by Gasteiger charge is -2.13. The Morgan fingerprint density at radius 1 is 0.679 bits per heavy atom. The van der Waals surface area contributed by atoms with Gasteiger partial charge in [-0.15, -0.1) is 0 Å². The number of pyridine rings is 2. The van der Waals surface area contributed by atoms with Gasteiger partial charge in [0.25, 0.3) is 0 Å². The Kier molecular flexibility index (Phi) is 4.14. The molecule has 140 valence electrons. The zero-order valence-electron chi connectivity index (χ0n) is 14.1. The Morgan fingerprint density at radius 3 is 1.61 bits per heavy atom. The van der Waals surface area contributed by atoms with E-state index in [2.05, 4.69) is 19.9 Å². The maximum atomic E-state index is 6.12. The smallest absolute Gasteiger partial charge is 0.225 e. The molecule has 10 heteroatoms. The van der Waals surface area contributed by atoms with Gasteiger partial charge < -0.3 is 18.3 Å². The van der Waals surface area contributed by atoms with Gasteiger partial charge in [0, 0.05) is 12.4 Å². The minimum absolute atomic E-state index is 0.0862. The second-order valence-electron chi connectivity index (χ2n) is 5.85. The molecular formula is C18H10Cl2N4O4. The van der Waals surface area contributed by atoms with Gasteiger partial charge in [-0.2, -0.15) is 0 Å². The lowest BCUT2D eigenvalue weighted by molar-refractivity contribution is 0.283. The number of hydrogen-bond donors (Lipinski definition) is 0. The van der Waals surface area contributed by atoms with Gasteiger partial charge in [0.2, 0.25) is 11.8 Å². The van der Waals surface area contributed by atoms with E-state index in [1.54, 1.807) is 12.1 Å². The van der Waals surface area contributed by atoms with E-state index >= 15 is 0 Å². The number of ether oxygens (including phenoxy) is 2. The summed E-state index contributed by atoms with van der Waals surface area (Å²) in [4.78, 5) is 17.0. The standard InChI is InChI=1S/C18H10Cl2N4O4/c19-9-1-11-15-13(23-7-27-15)5-26-18-12(2-10(20)4-22-18)16-14(24-8-28-16)6-25-17(11)21-3-9/h1-4,7-8H,5-6H2. The summed E-state index contributed by atoms with van der Waals surface area (Å²) in [6, 6.07) is 3.38. The van der Waals surface area contributed by atoms with Crippen LogP contribution in [-0.4, -0.2) is 19.9 Å². The van der Waals surface area contributed by atoms with Gasteiger partial charge in [-0.3, -0.25) is 0 Å². The van der Waals surface area contributed by atoms with Crippen LogP contribution in [0.15, 0.2) is 46.1 Å². The van der Waals surface area contributed by atoms with Crippen LogP contribution >= 0.6 is 23.2 Å². The molecular weight excluding hydrogens is 407 g/mol. The van der Waals surface area contributed by atoms with Crippen LogP contribution in [0.2, 0.25) is 10.0 Å². The van der Waals surface area contributed by atoms with Crippen LogP contribution in [0.1, 0.15) is 11.4 Å². The van der Waals surface area contributed by atoms with E-state index in [4.69, 9.17) is 41.5 Å². The number of nitrogens with zero attached hydrogens (tertiary/aromatic N) is 4. The summed E-state index contributed by atoms with van der Waals surface area (Å²) < 4.78 is 22.9. The first-order valence-corrected chi connectivity index (χ1v) is 8.87. The Hall–Kier alpha value is -3.10. The molecule has 1 aliphatic rings. The molecule has 5 rings (SSSR count). The van der Waals surface area contributed by atoms with E-state index in [-0.39, 0.29) is 13.2 Å². The first-order valence-electron chi connectivity index (χ1n) is 8.11. The molecule has 0 saturated carbocycles. The second kappa shape index (κ2) is 6.81. The number of hydrogen-bond acceptors (Lipinski definition) is 8. The van der Waals surface area contributed by atoms with Crippen molar-refractivity contribution < 1.29 is 18.3 Å². The van der Waals surface area contributed by atoms with Crippen LogP contribution in [0, 0.1) is 0 Å². The third kappa shape index (κ3) is 2.96. The lowest BCUT2D eigenvalue weighted by atomic mass is 10.1. The monoisotopic (exact) mass is 416 g/mol. The molecule has 8 nitrogen and oxygen atoms in total. The maximum absolute atomic E-state index is 6.12. The van der Waals surface area contributed by atoms with Gasteiger partial charge in [-0.05, 0) is 12.1 Å². The van der Waals surface area contributed by atoms with E-state index in [0.717, 1.165) is 0 Å². The van der Waals surface area contributed by atoms with Crippen molar-refractivity contribution in [3.8, 4) is 34.4 Å². The number of aromatic nitrogens is 4. The predicted molar refractivity (Wildman–Crippen MR) is 98.2 cm³/mol. The van der Waals surface area contributed by atoms with Gasteiger partial charge in [-0.1, -0.05) is 23.2 Å². The summed E-state index contributed by atoms with van der Waals surface area (Å²) >= 11 is 12.2. The summed E-state index contributed by atoms with van der Waals surface area (Å²) in [6.45, 7) is 0.172. The van der Waals surface area contributed by atoms with Crippen molar-refractivity contribution in [2.24, 2.45) is 0 Å². The highest BCUT2D eigenvalue weighted by molar-refractivity contribution is 6.31. The van der Waals surface area contributed by atoms with Gasteiger partial charge in [0.05, 0.1) is 21.2 Å². The molecule has 0 N–H and O–H groups in total. The van der Waals surface area contributed by atoms with Gasteiger partial charge in [0.1, 0.15) is 24.6 Å². The number of rotatable bonds is 0. The number of fused-ring (bicyclic) bond motifs is 6. The summed E-state index contributed by atoms with van der Waals surface area (Å²) in [5.41, 5.74) is 2.18. The molecule has 0 bridgehead atoms. The van der Waals surface area contributed by atoms with Crippen LogP contribution in [0.5, 0.6) is 11.8 Å². The first kappa shape index (κ1) is 17.0. The van der Waals surface area contributed by atoms with Gasteiger partial charge in [-0.25, -0.2) is 19.9 Å². The minimum atomic E-state index is 0.0862. The molecule has 0 aromatic carbocycles. The van der Waals surface area contributed by atoms with Crippen molar-refractivity contribution in [2.45, 2.75) is 13.2 Å². The van der Waals surface area contributed by atoms with E-state index in [9.17, 15) is 0 Å². The molecule has 0 unspecified atom stereocenters. The molecule has 0 radical (unpaired) electrons. The molecule has 1 aliphatic heterocycles. The fourth-order valence-electron chi connectivity index (χ4n) is 2.86. The Labute approximate surface area is 168 Å². The topological polar surface area (TPSA) is 96.3 Å². The van der Waals surface area contributed by atoms with Crippen LogP contribution in [0.3, 0.4) is 0 Å². The highest BCUT2D eigenvalue weighted by Crippen LogP contribution is 2.37. The van der Waals surface area contributed by atoms with Crippen molar-refractivity contribution in [1.29, 1.82) is 0 Å². The molecule has 0 fully saturated rings. The molecule has 0 spiro atoms. The van der Waals surface area contributed by atoms with E-state index in [0.29, 0.717) is 55.8 Å². The Bertz CT molecular complexity index is 1080. The largest absolute Gasteiger partial charge is 0.470 e. The fourth-order valence-corrected chi connectivity index (χ4v) is 3.18. The molecule has 0 amide bonds. The zero-order chi connectivity index (χ0) is 19.1. The van der Waals surface area contributed by atoms with Crippen molar-refractivity contribution in [3.05, 3.63) is 58.7 Å². The summed E-state index contributed by atoms with van der Waals surface area (Å²) in [5.74, 6) is 1.53. The first-order chi connectivity index (χ1) is 13.7. The third-order valence-electron chi connectivity index (χ3n) is 4.10. The van der Waals surface area contributed by atoms with Crippen LogP contribution in [-0.2, 0) is 13.2 Å². The average molecular weight is 417 g/mol. The second-order valence-corrected chi connectivity index (χ2v) is 6.72. The summed E-state index contributed by atoms with van der Waals surface area (Å²) in [7, 11) is 0. The quantitative estimate of drug-likeness (QED) is 0.411. The SMILES string of the molecule is Clc1cnc2c(c1)-c1ocnc1COc1ncc(Cl)cc1-c1ocnc1CO2. The average Bonchev–Trinajstić information content (AvgIpc) is 3.34. The van der Waals surface area contributed by atoms with Crippen LogP contribution < -0.4 is 9.47 Å². The predicted octanol–water partition coefficient (Wildman–Crippen LogP) is 4.56. The lowest BCUT2D eigenvalue weighted by Crippen LogP contribution is -2.05. The van der Waals surface area contributed by atoms with Crippen LogP contribution in [0.25, 0.3) is 22.6 Å². The minimum Gasteiger partial charge on any atom is -0.470 e. The maximum Gasteiger partial charge on any atom is 0.225 e. The van der Waals surface area contributed by atoms with Crippen molar-refractivity contribution in [2.75, 3.05) is 0 Å². The molecule has 0 aliphatic carbocycles. The van der Waals surface area contributed by atoms with Crippen molar-refractivity contribution in [3.63, 3.8) is 0 Å². The van der Waals surface area contributed by atoms with Gasteiger partial charge in [0.15, 0.2) is 24.3 Å². The number of halogens is 2. The fraction of sp³-hybridized carbons (Fsp3) is 0.111. The summed E-state index contributed by atoms with van der Waals surface area (Å²) in [6.07, 6.45) is 5.61. The Morgan fingerprint density at radius 2 is 1.14 bits per heavy atom. The Balaban J connectivity index is 1.68. The molecule has 28 heavy (non-hydrogen) atoms. The molecule has 0 atom stereocenters. The van der Waals surface area contributed by atoms with Crippen molar-refractivity contribution in [1.82, 2.24) is 19.9 Å². The molecule has 4 aromatic rings. The van der Waals surface area contributed by atoms with E-state index < -0.39 is 0 Å². The summed E-state index contributed by atoms with van der Waals surface area (Å²) in [5, 5.41) is 0.864. The van der Waals surface area contributed by atoms with Gasteiger partial charge >= 0.3 is 0 Å². The van der Waals surface area contributed by atoms with E-state index in [1.165, 1.54) is 25.2 Å².